The van der Waals surface area contributed by atoms with Crippen LogP contribution in [0.2, 0.25) is 0 Å². The number of aromatic nitrogens is 1. The molecule has 0 saturated heterocycles. The van der Waals surface area contributed by atoms with Gasteiger partial charge in [-0.05, 0) is 23.3 Å². The van der Waals surface area contributed by atoms with Gasteiger partial charge in [-0.3, -0.25) is 9.59 Å². The molecule has 146 valence electrons. The molecule has 0 spiro atoms. The first-order valence-corrected chi connectivity index (χ1v) is 8.88. The number of hydrogen-bond acceptors (Lipinski definition) is 6. The highest BCUT2D eigenvalue weighted by atomic mass is 16.5. The Kier molecular flexibility index (Phi) is 4.23. The second kappa shape index (κ2) is 6.63. The summed E-state index contributed by atoms with van der Waals surface area (Å²) in [4.78, 5) is 40.2. The van der Waals surface area contributed by atoms with Gasteiger partial charge in [-0.1, -0.05) is 30.3 Å². The van der Waals surface area contributed by atoms with Crippen molar-refractivity contribution < 1.29 is 24.2 Å². The van der Waals surface area contributed by atoms with Crippen molar-refractivity contribution in [1.82, 2.24) is 4.57 Å². The summed E-state index contributed by atoms with van der Waals surface area (Å²) >= 11 is 0. The van der Waals surface area contributed by atoms with E-state index in [0.717, 1.165) is 29.0 Å². The van der Waals surface area contributed by atoms with Gasteiger partial charge in [-0.2, -0.15) is 0 Å². The van der Waals surface area contributed by atoms with Crippen LogP contribution < -0.4 is 4.90 Å². The Bertz CT molecular complexity index is 1180. The van der Waals surface area contributed by atoms with Crippen LogP contribution in [0.5, 0.6) is 5.88 Å². The first-order chi connectivity index (χ1) is 13.8. The largest absolute Gasteiger partial charge is 0.494 e. The van der Waals surface area contributed by atoms with Crippen LogP contribution in [0, 0.1) is 0 Å². The van der Waals surface area contributed by atoms with Crippen molar-refractivity contribution in [2.45, 2.75) is 0 Å². The number of methoxy groups -OCH3 is 1. The second-order valence-electron chi connectivity index (χ2n) is 6.92. The lowest BCUT2D eigenvalue weighted by molar-refractivity contribution is 0.0978. The summed E-state index contributed by atoms with van der Waals surface area (Å²) in [6, 6.07) is 13.0. The number of aromatic hydroxyl groups is 1. The van der Waals surface area contributed by atoms with Crippen molar-refractivity contribution in [3.8, 4) is 17.0 Å². The number of ether oxygens (including phenoxy) is 1. The molecule has 4 rings (SSSR count). The highest BCUT2D eigenvalue weighted by molar-refractivity contribution is 6.31. The van der Waals surface area contributed by atoms with Crippen molar-refractivity contribution in [3.05, 3.63) is 70.9 Å². The topological polar surface area (TPSA) is 88.8 Å². The number of nitrogens with zero attached hydrogens (tertiary/aromatic N) is 2. The molecule has 0 bridgehead atoms. The van der Waals surface area contributed by atoms with Crippen LogP contribution in [-0.2, 0) is 4.74 Å². The molecule has 7 nitrogen and oxygen atoms in total. The number of carbonyl (C=O) groups excluding carboxylic acids is 3. The molecule has 29 heavy (non-hydrogen) atoms. The minimum Gasteiger partial charge on any atom is -0.494 e. The first-order valence-electron chi connectivity index (χ1n) is 8.88. The molecule has 0 saturated carbocycles. The van der Waals surface area contributed by atoms with Gasteiger partial charge in [0, 0.05) is 31.5 Å². The Hall–Kier alpha value is -3.87. The molecule has 0 unspecified atom stereocenters. The van der Waals surface area contributed by atoms with Gasteiger partial charge >= 0.3 is 6.09 Å². The quantitative estimate of drug-likeness (QED) is 0.565. The molecule has 1 aliphatic carbocycles. The minimum atomic E-state index is -0.889. The predicted octanol–water partition coefficient (Wildman–Crippen LogP) is 3.32. The van der Waals surface area contributed by atoms with Crippen molar-refractivity contribution in [2.75, 3.05) is 26.1 Å². The molecule has 0 amide bonds. The van der Waals surface area contributed by atoms with Gasteiger partial charge in [0.25, 0.3) is 0 Å². The Labute approximate surface area is 166 Å². The number of ketones is 2. The number of rotatable bonds is 2. The first kappa shape index (κ1) is 18.5. The molecule has 3 aromatic rings. The zero-order valence-electron chi connectivity index (χ0n) is 16.1. The van der Waals surface area contributed by atoms with Gasteiger partial charge in [0.1, 0.15) is 0 Å². The van der Waals surface area contributed by atoms with Gasteiger partial charge < -0.3 is 14.7 Å². The zero-order chi connectivity index (χ0) is 20.9. The second-order valence-corrected chi connectivity index (χ2v) is 6.92. The third-order valence-corrected chi connectivity index (χ3v) is 5.00. The molecule has 7 heteroatoms. The maximum absolute atomic E-state index is 13.3. The molecule has 0 fully saturated rings. The van der Waals surface area contributed by atoms with Gasteiger partial charge in [0.05, 0.1) is 23.8 Å². The number of carbonyl (C=O) groups is 3. The fourth-order valence-corrected chi connectivity index (χ4v) is 3.59. The summed E-state index contributed by atoms with van der Waals surface area (Å²) in [6.45, 7) is 0. The fraction of sp³-hybridized carbons (Fsp3) is 0.136. The number of benzene rings is 2. The average Bonchev–Trinajstić information content (AvgIpc) is 3.08. The molecule has 1 aliphatic rings. The van der Waals surface area contributed by atoms with E-state index in [1.807, 2.05) is 36.4 Å². The van der Waals surface area contributed by atoms with Gasteiger partial charge in [-0.15, -0.1) is 0 Å². The van der Waals surface area contributed by atoms with Crippen LogP contribution >= 0.6 is 0 Å². The zero-order valence-corrected chi connectivity index (χ0v) is 16.1. The molecular weight excluding hydrogens is 372 g/mol. The van der Waals surface area contributed by atoms with Crippen LogP contribution in [0.4, 0.5) is 10.5 Å². The molecule has 2 aromatic carbocycles. The van der Waals surface area contributed by atoms with Crippen LogP contribution in [0.1, 0.15) is 31.8 Å². The molecule has 1 heterocycles. The number of hydrogen-bond donors (Lipinski definition) is 1. The monoisotopic (exact) mass is 390 g/mol. The predicted molar refractivity (Wildman–Crippen MR) is 107 cm³/mol. The maximum atomic E-state index is 13.3. The van der Waals surface area contributed by atoms with E-state index >= 15 is 0 Å². The van der Waals surface area contributed by atoms with Gasteiger partial charge in [-0.25, -0.2) is 9.36 Å². The lowest BCUT2D eigenvalue weighted by Crippen LogP contribution is -2.24. The smallest absolute Gasteiger partial charge is 0.420 e. The van der Waals surface area contributed by atoms with E-state index in [9.17, 15) is 19.5 Å². The Balaban J connectivity index is 1.99. The van der Waals surface area contributed by atoms with Crippen molar-refractivity contribution in [1.29, 1.82) is 0 Å². The standard InChI is InChI=1S/C22H18N2O5/c1-23(2)16-10-13(12-7-5-4-6-8-12)9-14-17(16)20(26)15-11-24(22(28)29-3)21(27)18(15)19(14)25/h4-11,27H,1-3H3. The van der Waals surface area contributed by atoms with Gasteiger partial charge in [0.2, 0.25) is 5.88 Å². The third-order valence-electron chi connectivity index (χ3n) is 5.00. The van der Waals surface area contributed by atoms with E-state index in [1.165, 1.54) is 0 Å². The van der Waals surface area contributed by atoms with Crippen LogP contribution in [0.15, 0.2) is 48.7 Å². The van der Waals surface area contributed by atoms with Crippen molar-refractivity contribution in [2.24, 2.45) is 0 Å². The van der Waals surface area contributed by atoms with E-state index < -0.39 is 23.5 Å². The molecule has 0 aliphatic heterocycles. The summed E-state index contributed by atoms with van der Waals surface area (Å²) in [6.07, 6.45) is 0.254. The van der Waals surface area contributed by atoms with E-state index in [-0.39, 0.29) is 22.3 Å². The van der Waals surface area contributed by atoms with E-state index in [0.29, 0.717) is 5.69 Å². The fourth-order valence-electron chi connectivity index (χ4n) is 3.59. The molecule has 1 aromatic heterocycles. The number of fused-ring (bicyclic) bond motifs is 2. The average molecular weight is 390 g/mol. The summed E-state index contributed by atoms with van der Waals surface area (Å²) in [5.74, 6) is -1.56. The van der Waals surface area contributed by atoms with Crippen molar-refractivity contribution >= 4 is 23.3 Å². The molecule has 1 N–H and O–H groups in total. The molecule has 0 radical (unpaired) electrons. The van der Waals surface area contributed by atoms with E-state index in [4.69, 9.17) is 0 Å². The van der Waals surface area contributed by atoms with Crippen LogP contribution in [0.3, 0.4) is 0 Å². The lowest BCUT2D eigenvalue weighted by Gasteiger charge is -2.23. The van der Waals surface area contributed by atoms with Crippen LogP contribution in [0.25, 0.3) is 11.1 Å². The minimum absolute atomic E-state index is 0.0269. The third kappa shape index (κ3) is 2.70. The normalized spacial score (nSPS) is 12.4. The Morgan fingerprint density at radius 1 is 0.966 bits per heavy atom. The molecule has 0 atom stereocenters. The summed E-state index contributed by atoms with van der Waals surface area (Å²) in [7, 11) is 4.72. The summed E-state index contributed by atoms with van der Waals surface area (Å²) in [5.41, 5.74) is 2.45. The van der Waals surface area contributed by atoms with Gasteiger partial charge in [0.15, 0.2) is 11.6 Å². The highest BCUT2D eigenvalue weighted by Gasteiger charge is 2.38. The van der Waals surface area contributed by atoms with Crippen molar-refractivity contribution in [3.63, 3.8) is 0 Å². The van der Waals surface area contributed by atoms with E-state index in [2.05, 4.69) is 4.74 Å². The molecular formula is C22H18N2O5. The Morgan fingerprint density at radius 2 is 1.62 bits per heavy atom. The van der Waals surface area contributed by atoms with E-state index in [1.54, 1.807) is 25.1 Å². The summed E-state index contributed by atoms with van der Waals surface area (Å²) < 4.78 is 5.38. The Morgan fingerprint density at radius 3 is 2.24 bits per heavy atom. The van der Waals surface area contributed by atoms with Crippen LogP contribution in [-0.4, -0.2) is 48.5 Å². The SMILES string of the molecule is COC(=O)n1cc2c(c1O)C(=O)c1cc(-c3ccccc3)cc(N(C)C)c1C2=O. The lowest BCUT2D eigenvalue weighted by atomic mass is 9.83. The number of anilines is 1. The summed E-state index contributed by atoms with van der Waals surface area (Å²) in [5, 5.41) is 10.4. The maximum Gasteiger partial charge on any atom is 0.420 e. The highest BCUT2D eigenvalue weighted by Crippen LogP contribution is 2.40.